The van der Waals surface area contributed by atoms with E-state index in [1.54, 1.807) is 0 Å². The molecule has 0 aliphatic heterocycles. The zero-order chi connectivity index (χ0) is 15.0. The number of hydrogen-bond acceptors (Lipinski definition) is 5. The van der Waals surface area contributed by atoms with E-state index < -0.39 is 21.5 Å². The first kappa shape index (κ1) is 14.8. The summed E-state index contributed by atoms with van der Waals surface area (Å²) in [5.41, 5.74) is 4.39. The molecule has 1 aromatic rings. The van der Waals surface area contributed by atoms with E-state index in [4.69, 9.17) is 10.8 Å². The number of carboxylic acid groups (broad SMARTS) is 1. The largest absolute Gasteiger partial charge is 0.478 e. The first-order chi connectivity index (χ1) is 9.30. The van der Waals surface area contributed by atoms with Crippen LogP contribution in [-0.4, -0.2) is 36.7 Å². The highest BCUT2D eigenvalue weighted by molar-refractivity contribution is 7.89. The van der Waals surface area contributed by atoms with Crippen molar-refractivity contribution in [3.8, 4) is 0 Å². The van der Waals surface area contributed by atoms with E-state index >= 15 is 0 Å². The van der Waals surface area contributed by atoms with Crippen LogP contribution in [0.25, 0.3) is 0 Å². The predicted molar refractivity (Wildman–Crippen MR) is 71.8 cm³/mol. The Balaban J connectivity index is 2.42. The number of nitrogens with one attached hydrogen (secondary N) is 1. The molecule has 1 fully saturated rings. The molecule has 8 heteroatoms. The molecule has 110 valence electrons. The fraction of sp³-hybridized carbons (Fsp3) is 0.417. The highest BCUT2D eigenvalue weighted by Gasteiger charge is 2.41. The molecule has 0 unspecified atom stereocenters. The Labute approximate surface area is 116 Å². The first-order valence-electron chi connectivity index (χ1n) is 6.07. The van der Waals surface area contributed by atoms with Gasteiger partial charge >= 0.3 is 5.97 Å². The number of hydrogen-bond donors (Lipinski definition) is 4. The maximum absolute atomic E-state index is 12.3. The molecule has 0 heterocycles. The van der Waals surface area contributed by atoms with Gasteiger partial charge < -0.3 is 15.9 Å². The van der Waals surface area contributed by atoms with Crippen LogP contribution in [-0.2, 0) is 10.0 Å². The Morgan fingerprint density at radius 2 is 2.05 bits per heavy atom. The van der Waals surface area contributed by atoms with E-state index in [2.05, 4.69) is 4.72 Å². The third kappa shape index (κ3) is 2.62. The second kappa shape index (κ2) is 5.04. The fourth-order valence-corrected chi connectivity index (χ4v) is 3.82. The number of carbonyl (C=O) groups is 1. The average Bonchev–Trinajstić information content (AvgIpc) is 2.33. The highest BCUT2D eigenvalue weighted by Crippen LogP contribution is 2.33. The lowest BCUT2D eigenvalue weighted by atomic mass is 9.78. The Morgan fingerprint density at radius 3 is 2.50 bits per heavy atom. The van der Waals surface area contributed by atoms with Crippen LogP contribution in [0.2, 0.25) is 0 Å². The Morgan fingerprint density at radius 1 is 1.40 bits per heavy atom. The number of aliphatic hydroxyl groups excluding tert-OH is 1. The standard InChI is InChI=1S/C12H16N2O5S/c13-8-2-3-10(9(6-8)11(16)17)20(18,19)14-12(7-15)4-1-5-12/h2-3,6,14-15H,1,4-5,7,13H2,(H,16,17). The van der Waals surface area contributed by atoms with Crippen LogP contribution in [0.15, 0.2) is 23.1 Å². The van der Waals surface area contributed by atoms with Gasteiger partial charge in [-0.3, -0.25) is 0 Å². The van der Waals surface area contributed by atoms with Crippen LogP contribution >= 0.6 is 0 Å². The van der Waals surface area contributed by atoms with Gasteiger partial charge in [0, 0.05) is 5.69 Å². The van der Waals surface area contributed by atoms with Gasteiger partial charge in [0.25, 0.3) is 0 Å². The van der Waals surface area contributed by atoms with Crippen LogP contribution in [0.1, 0.15) is 29.6 Å². The van der Waals surface area contributed by atoms with E-state index in [0.29, 0.717) is 12.8 Å². The van der Waals surface area contributed by atoms with Crippen LogP contribution in [0.3, 0.4) is 0 Å². The van der Waals surface area contributed by atoms with Gasteiger partial charge in [0.05, 0.1) is 22.6 Å². The summed E-state index contributed by atoms with van der Waals surface area (Å²) in [6.45, 7) is -0.316. The minimum atomic E-state index is -4.03. The van der Waals surface area contributed by atoms with E-state index in [0.717, 1.165) is 18.6 Å². The monoisotopic (exact) mass is 300 g/mol. The van der Waals surface area contributed by atoms with Crippen LogP contribution in [0, 0.1) is 0 Å². The smallest absolute Gasteiger partial charge is 0.337 e. The van der Waals surface area contributed by atoms with E-state index in [1.165, 1.54) is 6.07 Å². The molecular formula is C12H16N2O5S. The van der Waals surface area contributed by atoms with Gasteiger partial charge in [-0.2, -0.15) is 0 Å². The van der Waals surface area contributed by atoms with Crippen molar-refractivity contribution in [2.24, 2.45) is 0 Å². The molecule has 0 amide bonds. The topological polar surface area (TPSA) is 130 Å². The molecule has 0 bridgehead atoms. The number of rotatable bonds is 5. The summed E-state index contributed by atoms with van der Waals surface area (Å²) in [5.74, 6) is -1.37. The number of sulfonamides is 1. The zero-order valence-corrected chi connectivity index (χ0v) is 11.5. The minimum absolute atomic E-state index is 0.168. The molecule has 2 rings (SSSR count). The summed E-state index contributed by atoms with van der Waals surface area (Å²) in [7, 11) is -4.03. The van der Waals surface area contributed by atoms with Crippen molar-refractivity contribution in [3.05, 3.63) is 23.8 Å². The van der Waals surface area contributed by atoms with Crippen molar-refractivity contribution in [1.29, 1.82) is 0 Å². The van der Waals surface area contributed by atoms with E-state index in [1.807, 2.05) is 0 Å². The number of carboxylic acids is 1. The summed E-state index contributed by atoms with van der Waals surface area (Å²) in [5, 5.41) is 18.4. The second-order valence-electron chi connectivity index (χ2n) is 4.96. The number of nitrogen functional groups attached to an aromatic ring is 1. The number of anilines is 1. The van der Waals surface area contributed by atoms with Gasteiger partial charge in [-0.1, -0.05) is 0 Å². The molecular weight excluding hydrogens is 284 g/mol. The second-order valence-corrected chi connectivity index (χ2v) is 6.61. The molecule has 7 nitrogen and oxygen atoms in total. The lowest BCUT2D eigenvalue weighted by Gasteiger charge is -2.40. The van der Waals surface area contributed by atoms with Crippen molar-refractivity contribution in [1.82, 2.24) is 4.72 Å². The first-order valence-corrected chi connectivity index (χ1v) is 7.56. The predicted octanol–water partition coefficient (Wildman–Crippen LogP) is 0.160. The normalized spacial score (nSPS) is 17.4. The summed E-state index contributed by atoms with van der Waals surface area (Å²) < 4.78 is 27.0. The number of nitrogens with two attached hydrogens (primary N) is 1. The van der Waals surface area contributed by atoms with E-state index in [-0.39, 0.29) is 22.8 Å². The summed E-state index contributed by atoms with van der Waals surface area (Å²) in [4.78, 5) is 10.8. The zero-order valence-electron chi connectivity index (χ0n) is 10.7. The van der Waals surface area contributed by atoms with Crippen molar-refractivity contribution in [2.75, 3.05) is 12.3 Å². The molecule has 1 aliphatic carbocycles. The molecule has 20 heavy (non-hydrogen) atoms. The number of aromatic carboxylic acids is 1. The molecule has 0 atom stereocenters. The summed E-state index contributed by atoms with van der Waals surface area (Å²) in [6, 6.07) is 3.58. The Hall–Kier alpha value is -1.64. The van der Waals surface area contributed by atoms with E-state index in [9.17, 15) is 18.3 Å². The Bertz CT molecular complexity index is 632. The van der Waals surface area contributed by atoms with Crippen molar-refractivity contribution >= 4 is 21.7 Å². The third-order valence-electron chi connectivity index (χ3n) is 3.49. The average molecular weight is 300 g/mol. The van der Waals surface area contributed by atoms with Gasteiger partial charge in [-0.25, -0.2) is 17.9 Å². The molecule has 1 saturated carbocycles. The Kier molecular flexibility index (Phi) is 3.72. The van der Waals surface area contributed by atoms with Gasteiger partial charge in [-0.15, -0.1) is 0 Å². The maximum Gasteiger partial charge on any atom is 0.337 e. The molecule has 0 saturated heterocycles. The van der Waals surface area contributed by atoms with Gasteiger partial charge in [0.1, 0.15) is 0 Å². The van der Waals surface area contributed by atoms with Crippen molar-refractivity contribution < 1.29 is 23.4 Å². The fourth-order valence-electron chi connectivity index (χ4n) is 2.19. The van der Waals surface area contributed by atoms with Crippen LogP contribution in [0.4, 0.5) is 5.69 Å². The summed E-state index contributed by atoms with van der Waals surface area (Å²) >= 11 is 0. The quantitative estimate of drug-likeness (QED) is 0.573. The molecule has 0 radical (unpaired) electrons. The molecule has 0 aromatic heterocycles. The summed E-state index contributed by atoms with van der Waals surface area (Å²) in [6.07, 6.45) is 1.87. The lowest BCUT2D eigenvalue weighted by Crippen LogP contribution is -2.56. The molecule has 1 aromatic carbocycles. The lowest BCUT2D eigenvalue weighted by molar-refractivity contribution is 0.0692. The van der Waals surface area contributed by atoms with Crippen molar-refractivity contribution in [3.63, 3.8) is 0 Å². The van der Waals surface area contributed by atoms with Gasteiger partial charge in [0.2, 0.25) is 10.0 Å². The van der Waals surface area contributed by atoms with Crippen LogP contribution in [0.5, 0.6) is 0 Å². The SMILES string of the molecule is Nc1ccc(S(=O)(=O)NC2(CO)CCC2)c(C(=O)O)c1. The van der Waals surface area contributed by atoms with Crippen molar-refractivity contribution in [2.45, 2.75) is 29.7 Å². The third-order valence-corrected chi connectivity index (χ3v) is 5.12. The molecule has 0 spiro atoms. The maximum atomic E-state index is 12.3. The van der Waals surface area contributed by atoms with Crippen LogP contribution < -0.4 is 10.5 Å². The number of benzene rings is 1. The molecule has 5 N–H and O–H groups in total. The minimum Gasteiger partial charge on any atom is -0.478 e. The van der Waals surface area contributed by atoms with Gasteiger partial charge in [0.15, 0.2) is 0 Å². The molecule has 1 aliphatic rings. The highest BCUT2D eigenvalue weighted by atomic mass is 32.2. The van der Waals surface area contributed by atoms with Gasteiger partial charge in [-0.05, 0) is 37.5 Å². The number of aliphatic hydroxyl groups is 1.